The lowest BCUT2D eigenvalue weighted by Gasteiger charge is -2.41. The Kier molecular flexibility index (Phi) is 5.47. The molecule has 1 aliphatic rings. The zero-order valence-electron chi connectivity index (χ0n) is 11.3. The van der Waals surface area contributed by atoms with Gasteiger partial charge in [-0.3, -0.25) is 0 Å². The minimum atomic E-state index is -1.22. The zero-order chi connectivity index (χ0) is 14.5. The maximum Gasteiger partial charge on any atom is 0.186 e. The normalized spacial score (nSPS) is 34.1. The first-order valence-corrected chi connectivity index (χ1v) is 6.48. The maximum atomic E-state index is 10.1. The van der Waals surface area contributed by atoms with Gasteiger partial charge >= 0.3 is 0 Å². The fourth-order valence-electron chi connectivity index (χ4n) is 2.19. The molecular formula is C14H20O6. The quantitative estimate of drug-likeness (QED) is 0.685. The highest BCUT2D eigenvalue weighted by Crippen LogP contribution is 2.24. The van der Waals surface area contributed by atoms with Crippen LogP contribution in [0, 0.1) is 0 Å². The van der Waals surface area contributed by atoms with E-state index in [1.54, 1.807) is 0 Å². The lowest BCUT2D eigenvalue weighted by Crippen LogP contribution is -2.59. The third-order valence-corrected chi connectivity index (χ3v) is 3.34. The molecule has 2 rings (SSSR count). The van der Waals surface area contributed by atoms with E-state index in [9.17, 15) is 10.2 Å². The number of aliphatic hydroxyl groups is 3. The molecule has 0 spiro atoms. The second-order valence-corrected chi connectivity index (χ2v) is 4.70. The van der Waals surface area contributed by atoms with Gasteiger partial charge in [-0.05, 0) is 5.56 Å². The molecule has 6 heteroatoms. The van der Waals surface area contributed by atoms with Crippen molar-refractivity contribution < 1.29 is 29.5 Å². The minimum absolute atomic E-state index is 0.266. The average molecular weight is 284 g/mol. The summed E-state index contributed by atoms with van der Waals surface area (Å²) in [6.45, 7) is -0.133. The van der Waals surface area contributed by atoms with Crippen LogP contribution in [0.4, 0.5) is 0 Å². The molecule has 1 heterocycles. The Balaban J connectivity index is 2.01. The number of ether oxygens (including phenoxy) is 3. The van der Waals surface area contributed by atoms with Crippen molar-refractivity contribution in [2.75, 3.05) is 13.7 Å². The first kappa shape index (κ1) is 15.4. The summed E-state index contributed by atoms with van der Waals surface area (Å²) in [5.41, 5.74) is 0.938. The van der Waals surface area contributed by atoms with Gasteiger partial charge in [-0.15, -0.1) is 0 Å². The average Bonchev–Trinajstić information content (AvgIpc) is 2.49. The Hall–Kier alpha value is -1.02. The van der Waals surface area contributed by atoms with Gasteiger partial charge in [0.2, 0.25) is 0 Å². The first-order valence-electron chi connectivity index (χ1n) is 6.48. The van der Waals surface area contributed by atoms with Crippen molar-refractivity contribution in [2.24, 2.45) is 0 Å². The molecule has 1 aliphatic heterocycles. The van der Waals surface area contributed by atoms with Gasteiger partial charge in [0.15, 0.2) is 6.29 Å². The Morgan fingerprint density at radius 1 is 1.15 bits per heavy atom. The molecule has 1 saturated heterocycles. The molecule has 3 N–H and O–H groups in total. The zero-order valence-corrected chi connectivity index (χ0v) is 11.3. The number of aliphatic hydroxyl groups excluding tert-OH is 3. The van der Waals surface area contributed by atoms with Gasteiger partial charge in [0.1, 0.15) is 24.4 Å². The highest BCUT2D eigenvalue weighted by molar-refractivity contribution is 5.13. The molecule has 6 nitrogen and oxygen atoms in total. The second kappa shape index (κ2) is 7.12. The van der Waals surface area contributed by atoms with Crippen LogP contribution in [0.2, 0.25) is 0 Å². The molecule has 0 unspecified atom stereocenters. The van der Waals surface area contributed by atoms with E-state index < -0.39 is 37.3 Å². The number of hydrogen-bond donors (Lipinski definition) is 3. The monoisotopic (exact) mass is 284 g/mol. The molecule has 1 fully saturated rings. The van der Waals surface area contributed by atoms with Crippen molar-refractivity contribution >= 4 is 0 Å². The summed E-state index contributed by atoms with van der Waals surface area (Å²) in [6, 6.07) is 9.46. The maximum absolute atomic E-state index is 10.1. The Morgan fingerprint density at radius 3 is 2.45 bits per heavy atom. The van der Waals surface area contributed by atoms with Crippen molar-refractivity contribution in [1.29, 1.82) is 0 Å². The van der Waals surface area contributed by atoms with Crippen LogP contribution in [0.3, 0.4) is 0 Å². The van der Waals surface area contributed by atoms with Gasteiger partial charge in [0.05, 0.1) is 13.2 Å². The standard InChI is InChI=1S/C14H20O6/c1-18-14-13(12(17)11(16)10(7-15)20-14)19-8-9-5-3-2-4-6-9/h2-6,10-17H,7-8H2,1H3/t10-,11-,12+,13+,14+/m1/s1. The van der Waals surface area contributed by atoms with Gasteiger partial charge in [0, 0.05) is 7.11 Å². The van der Waals surface area contributed by atoms with Crippen LogP contribution in [0.5, 0.6) is 0 Å². The number of methoxy groups -OCH3 is 1. The third kappa shape index (κ3) is 3.35. The van der Waals surface area contributed by atoms with Gasteiger partial charge < -0.3 is 29.5 Å². The second-order valence-electron chi connectivity index (χ2n) is 4.70. The van der Waals surface area contributed by atoms with Crippen molar-refractivity contribution in [2.45, 2.75) is 37.3 Å². The van der Waals surface area contributed by atoms with E-state index >= 15 is 0 Å². The van der Waals surface area contributed by atoms with Crippen LogP contribution >= 0.6 is 0 Å². The van der Waals surface area contributed by atoms with E-state index in [1.165, 1.54) is 7.11 Å². The highest BCUT2D eigenvalue weighted by Gasteiger charge is 2.45. The summed E-state index contributed by atoms with van der Waals surface area (Å²) in [7, 11) is 1.42. The van der Waals surface area contributed by atoms with E-state index in [4.69, 9.17) is 19.3 Å². The lowest BCUT2D eigenvalue weighted by atomic mass is 9.99. The molecule has 0 bridgehead atoms. The number of rotatable bonds is 5. The fourth-order valence-corrected chi connectivity index (χ4v) is 2.19. The van der Waals surface area contributed by atoms with Crippen LogP contribution in [0.25, 0.3) is 0 Å². The summed E-state index contributed by atoms with van der Waals surface area (Å²) >= 11 is 0. The summed E-state index contributed by atoms with van der Waals surface area (Å²) in [5.74, 6) is 0. The highest BCUT2D eigenvalue weighted by atomic mass is 16.7. The van der Waals surface area contributed by atoms with Crippen molar-refractivity contribution in [1.82, 2.24) is 0 Å². The SMILES string of the molecule is CO[C@H]1O[C@H](CO)[C@@H](O)[C@H](O)[C@@H]1OCc1ccccc1. The molecule has 1 aromatic rings. The lowest BCUT2D eigenvalue weighted by molar-refractivity contribution is -0.305. The molecule has 112 valence electrons. The van der Waals surface area contributed by atoms with E-state index in [2.05, 4.69) is 0 Å². The van der Waals surface area contributed by atoms with Crippen LogP contribution in [0.1, 0.15) is 5.56 Å². The topological polar surface area (TPSA) is 88.4 Å². The molecule has 0 aliphatic carbocycles. The van der Waals surface area contributed by atoms with Crippen LogP contribution in [-0.4, -0.2) is 59.7 Å². The predicted octanol–water partition coefficient (Wildman–Crippen LogP) is -0.343. The summed E-state index contributed by atoms with van der Waals surface area (Å²) in [6.07, 6.45) is -4.94. The molecule has 0 amide bonds. The van der Waals surface area contributed by atoms with Gasteiger partial charge in [-0.2, -0.15) is 0 Å². The third-order valence-electron chi connectivity index (χ3n) is 3.34. The Bertz CT molecular complexity index is 396. The fraction of sp³-hybridized carbons (Fsp3) is 0.571. The minimum Gasteiger partial charge on any atom is -0.394 e. The number of hydrogen-bond acceptors (Lipinski definition) is 6. The predicted molar refractivity (Wildman–Crippen MR) is 69.8 cm³/mol. The summed E-state index contributed by atoms with van der Waals surface area (Å²) in [5, 5.41) is 29.0. The molecule has 20 heavy (non-hydrogen) atoms. The van der Waals surface area contributed by atoms with Crippen molar-refractivity contribution in [3.8, 4) is 0 Å². The van der Waals surface area contributed by atoms with Crippen LogP contribution in [-0.2, 0) is 20.8 Å². The van der Waals surface area contributed by atoms with E-state index in [0.29, 0.717) is 0 Å². The van der Waals surface area contributed by atoms with E-state index in [1.807, 2.05) is 30.3 Å². The molecule has 0 aromatic heterocycles. The Labute approximate surface area is 117 Å². The molecule has 1 aromatic carbocycles. The van der Waals surface area contributed by atoms with Crippen molar-refractivity contribution in [3.63, 3.8) is 0 Å². The largest absolute Gasteiger partial charge is 0.394 e. The van der Waals surface area contributed by atoms with E-state index in [-0.39, 0.29) is 6.61 Å². The summed E-state index contributed by atoms with van der Waals surface area (Å²) in [4.78, 5) is 0. The van der Waals surface area contributed by atoms with Crippen LogP contribution < -0.4 is 0 Å². The van der Waals surface area contributed by atoms with Gasteiger partial charge in [-0.1, -0.05) is 30.3 Å². The Morgan fingerprint density at radius 2 is 1.85 bits per heavy atom. The number of benzene rings is 1. The molecule has 0 saturated carbocycles. The molecule has 0 radical (unpaired) electrons. The van der Waals surface area contributed by atoms with Crippen molar-refractivity contribution in [3.05, 3.63) is 35.9 Å². The summed E-state index contributed by atoms with van der Waals surface area (Å²) < 4.78 is 16.1. The smallest absolute Gasteiger partial charge is 0.186 e. The van der Waals surface area contributed by atoms with Crippen LogP contribution in [0.15, 0.2) is 30.3 Å². The van der Waals surface area contributed by atoms with E-state index in [0.717, 1.165) is 5.56 Å². The van der Waals surface area contributed by atoms with Gasteiger partial charge in [-0.25, -0.2) is 0 Å². The first-order chi connectivity index (χ1) is 9.67. The molecular weight excluding hydrogens is 264 g/mol. The molecule has 5 atom stereocenters. The van der Waals surface area contributed by atoms with Gasteiger partial charge in [0.25, 0.3) is 0 Å².